The molecule has 3 heterocycles. The molecule has 2 saturated heterocycles. The summed E-state index contributed by atoms with van der Waals surface area (Å²) in [6.07, 6.45) is 5.87. The van der Waals surface area contributed by atoms with Crippen molar-refractivity contribution in [1.29, 1.82) is 0 Å². The second-order valence-corrected chi connectivity index (χ2v) is 9.51. The van der Waals surface area contributed by atoms with E-state index in [9.17, 15) is 9.18 Å². The van der Waals surface area contributed by atoms with E-state index in [4.69, 9.17) is 13.8 Å². The van der Waals surface area contributed by atoms with Gasteiger partial charge in [-0.2, -0.15) is 4.37 Å². The van der Waals surface area contributed by atoms with Gasteiger partial charge in [-0.05, 0) is 73.1 Å². The number of aldehydes is 1. The molecule has 3 aromatic rings. The molecule has 0 radical (unpaired) electrons. The van der Waals surface area contributed by atoms with Gasteiger partial charge in [0.05, 0.1) is 17.5 Å². The number of hydrogen-bond donors (Lipinski definition) is 0. The third kappa shape index (κ3) is 4.11. The van der Waals surface area contributed by atoms with Crippen molar-refractivity contribution in [1.82, 2.24) is 9.27 Å². The lowest BCUT2D eigenvalue weighted by Gasteiger charge is -2.38. The summed E-state index contributed by atoms with van der Waals surface area (Å²) in [5.41, 5.74) is 2.07. The van der Waals surface area contributed by atoms with Crippen molar-refractivity contribution >= 4 is 27.9 Å². The SMILES string of the molecule is COc1cc(CC=O)ccc1OCCN1C2CCC1CC(c1nsc3cc(F)ccc13)C2. The lowest BCUT2D eigenvalue weighted by molar-refractivity contribution is -0.107. The maximum Gasteiger partial charge on any atom is 0.161 e. The number of carbonyl (C=O) groups excluding carboxylic acids is 1. The molecule has 7 heteroatoms. The van der Waals surface area contributed by atoms with Crippen LogP contribution in [0.25, 0.3) is 10.1 Å². The molecule has 2 atom stereocenters. The van der Waals surface area contributed by atoms with Crippen molar-refractivity contribution in [3.05, 3.63) is 53.5 Å². The zero-order valence-electron chi connectivity index (χ0n) is 18.1. The zero-order valence-corrected chi connectivity index (χ0v) is 18.9. The Labute approximate surface area is 191 Å². The number of fused-ring (bicyclic) bond motifs is 3. The number of piperidine rings is 1. The number of hydrogen-bond acceptors (Lipinski definition) is 6. The summed E-state index contributed by atoms with van der Waals surface area (Å²) in [7, 11) is 1.62. The quantitative estimate of drug-likeness (QED) is 0.450. The molecule has 0 aliphatic carbocycles. The van der Waals surface area contributed by atoms with Gasteiger partial charge < -0.3 is 14.3 Å². The van der Waals surface area contributed by atoms with E-state index in [0.29, 0.717) is 42.5 Å². The summed E-state index contributed by atoms with van der Waals surface area (Å²) in [5.74, 6) is 1.62. The summed E-state index contributed by atoms with van der Waals surface area (Å²) in [4.78, 5) is 13.3. The average Bonchev–Trinajstić information content (AvgIpc) is 3.31. The van der Waals surface area contributed by atoms with Crippen LogP contribution in [0.3, 0.4) is 0 Å². The van der Waals surface area contributed by atoms with Gasteiger partial charge in [-0.1, -0.05) is 6.07 Å². The van der Waals surface area contributed by atoms with Crippen LogP contribution in [-0.4, -0.2) is 47.9 Å². The minimum Gasteiger partial charge on any atom is -0.493 e. The van der Waals surface area contributed by atoms with Gasteiger partial charge in [0.2, 0.25) is 0 Å². The van der Waals surface area contributed by atoms with Crippen LogP contribution in [0.5, 0.6) is 11.5 Å². The highest BCUT2D eigenvalue weighted by molar-refractivity contribution is 7.13. The number of methoxy groups -OCH3 is 1. The second-order valence-electron chi connectivity index (χ2n) is 8.70. The predicted molar refractivity (Wildman–Crippen MR) is 123 cm³/mol. The molecule has 0 saturated carbocycles. The van der Waals surface area contributed by atoms with Crippen LogP contribution < -0.4 is 9.47 Å². The lowest BCUT2D eigenvalue weighted by Crippen LogP contribution is -2.44. The van der Waals surface area contributed by atoms with Crippen LogP contribution in [0.2, 0.25) is 0 Å². The summed E-state index contributed by atoms with van der Waals surface area (Å²) in [6.45, 7) is 1.48. The van der Waals surface area contributed by atoms with Crippen LogP contribution in [0, 0.1) is 5.82 Å². The Morgan fingerprint density at radius 3 is 2.72 bits per heavy atom. The first kappa shape index (κ1) is 21.3. The van der Waals surface area contributed by atoms with Gasteiger partial charge in [-0.3, -0.25) is 4.90 Å². The molecule has 2 aromatic carbocycles. The van der Waals surface area contributed by atoms with E-state index >= 15 is 0 Å². The number of ether oxygens (including phenoxy) is 2. The molecule has 0 N–H and O–H groups in total. The number of halogens is 1. The van der Waals surface area contributed by atoms with Crippen molar-refractivity contribution in [3.63, 3.8) is 0 Å². The third-order valence-corrected chi connectivity index (χ3v) is 7.71. The Kier molecular flexibility index (Phi) is 6.11. The first-order valence-electron chi connectivity index (χ1n) is 11.2. The van der Waals surface area contributed by atoms with Gasteiger partial charge >= 0.3 is 0 Å². The number of aromatic nitrogens is 1. The van der Waals surface area contributed by atoms with E-state index < -0.39 is 0 Å². The maximum absolute atomic E-state index is 13.6. The molecule has 0 amide bonds. The Hall–Kier alpha value is -2.51. The molecular weight excluding hydrogens is 427 g/mol. The highest BCUT2D eigenvalue weighted by atomic mass is 32.1. The van der Waals surface area contributed by atoms with Crippen LogP contribution in [0.1, 0.15) is 42.9 Å². The molecular formula is C25H27FN2O3S. The van der Waals surface area contributed by atoms with Crippen molar-refractivity contribution < 1.29 is 18.7 Å². The van der Waals surface area contributed by atoms with Crippen molar-refractivity contribution in [2.24, 2.45) is 0 Å². The second kappa shape index (κ2) is 9.16. The molecule has 168 valence electrons. The first-order chi connectivity index (χ1) is 15.7. The Balaban J connectivity index is 1.22. The molecule has 5 rings (SSSR count). The predicted octanol–water partition coefficient (Wildman–Crippen LogP) is 4.97. The van der Waals surface area contributed by atoms with Crippen molar-refractivity contribution in [2.75, 3.05) is 20.3 Å². The summed E-state index contributed by atoms with van der Waals surface area (Å²) >= 11 is 1.41. The monoisotopic (exact) mass is 454 g/mol. The fourth-order valence-electron chi connectivity index (χ4n) is 5.40. The van der Waals surface area contributed by atoms with E-state index in [-0.39, 0.29) is 5.82 Å². The fraction of sp³-hybridized carbons (Fsp3) is 0.440. The van der Waals surface area contributed by atoms with Gasteiger partial charge in [0.25, 0.3) is 0 Å². The molecule has 5 nitrogen and oxygen atoms in total. The topological polar surface area (TPSA) is 51.7 Å². The van der Waals surface area contributed by atoms with E-state index in [0.717, 1.165) is 47.0 Å². The Morgan fingerprint density at radius 1 is 1.16 bits per heavy atom. The number of carbonyl (C=O) groups is 1. The summed E-state index contributed by atoms with van der Waals surface area (Å²) < 4.78 is 30.7. The minimum atomic E-state index is -0.197. The molecule has 2 aliphatic heterocycles. The van der Waals surface area contributed by atoms with Gasteiger partial charge in [0.1, 0.15) is 18.7 Å². The molecule has 1 aromatic heterocycles. The fourth-order valence-corrected chi connectivity index (χ4v) is 6.28. The van der Waals surface area contributed by atoms with Crippen LogP contribution >= 0.6 is 11.5 Å². The number of nitrogens with zero attached hydrogens (tertiary/aromatic N) is 2. The first-order valence-corrected chi connectivity index (χ1v) is 12.0. The highest BCUT2D eigenvalue weighted by Gasteiger charge is 2.41. The van der Waals surface area contributed by atoms with Gasteiger partial charge in [-0.15, -0.1) is 0 Å². The summed E-state index contributed by atoms with van der Waals surface area (Å²) in [5, 5.41) is 1.11. The molecule has 2 aliphatic rings. The highest BCUT2D eigenvalue weighted by Crippen LogP contribution is 2.44. The Bertz CT molecular complexity index is 1100. The average molecular weight is 455 g/mol. The van der Waals surface area contributed by atoms with E-state index in [2.05, 4.69) is 4.90 Å². The zero-order chi connectivity index (χ0) is 22.1. The lowest BCUT2D eigenvalue weighted by atomic mass is 9.87. The van der Waals surface area contributed by atoms with E-state index in [1.54, 1.807) is 19.2 Å². The van der Waals surface area contributed by atoms with Gasteiger partial charge in [-0.25, -0.2) is 4.39 Å². The Morgan fingerprint density at radius 2 is 1.97 bits per heavy atom. The van der Waals surface area contributed by atoms with Crippen LogP contribution in [-0.2, 0) is 11.2 Å². The maximum atomic E-state index is 13.6. The standard InChI is InChI=1S/C25H27FN2O3S/c1-30-23-12-16(8-10-29)2-7-22(23)31-11-9-28-19-4-5-20(28)14-17(13-19)25-21-6-3-18(26)15-24(21)32-27-25/h2-3,6-7,10,12,15,17,19-20H,4-5,8-9,11,13-14H2,1H3. The van der Waals surface area contributed by atoms with E-state index in [1.807, 2.05) is 24.3 Å². The van der Waals surface area contributed by atoms with E-state index in [1.165, 1.54) is 24.4 Å². The molecule has 2 unspecified atom stereocenters. The largest absolute Gasteiger partial charge is 0.493 e. The molecule has 0 spiro atoms. The minimum absolute atomic E-state index is 0.197. The molecule has 32 heavy (non-hydrogen) atoms. The molecule has 2 fully saturated rings. The van der Waals surface area contributed by atoms with Crippen molar-refractivity contribution in [3.8, 4) is 11.5 Å². The normalized spacial score (nSPS) is 22.9. The van der Waals surface area contributed by atoms with Crippen molar-refractivity contribution in [2.45, 2.75) is 50.1 Å². The van der Waals surface area contributed by atoms with Crippen LogP contribution in [0.15, 0.2) is 36.4 Å². The van der Waals surface area contributed by atoms with Crippen LogP contribution in [0.4, 0.5) is 4.39 Å². The number of benzene rings is 2. The molecule has 2 bridgehead atoms. The smallest absolute Gasteiger partial charge is 0.161 e. The van der Waals surface area contributed by atoms with Gasteiger partial charge in [0.15, 0.2) is 11.5 Å². The summed E-state index contributed by atoms with van der Waals surface area (Å²) in [6, 6.07) is 11.8. The third-order valence-electron chi connectivity index (χ3n) is 6.89. The number of rotatable bonds is 8. The van der Waals surface area contributed by atoms with Gasteiger partial charge in [0, 0.05) is 36.4 Å².